The van der Waals surface area contributed by atoms with E-state index in [1.807, 2.05) is 6.92 Å². The highest BCUT2D eigenvalue weighted by atomic mass is 32.2. The Bertz CT molecular complexity index is 428. The van der Waals surface area contributed by atoms with Crippen molar-refractivity contribution in [3.8, 4) is 0 Å². The fourth-order valence-electron chi connectivity index (χ4n) is 3.29. The Labute approximate surface area is 115 Å². The molecule has 0 aromatic rings. The Morgan fingerprint density at radius 2 is 1.89 bits per heavy atom. The van der Waals surface area contributed by atoms with Crippen LogP contribution in [0.25, 0.3) is 0 Å². The van der Waals surface area contributed by atoms with Crippen molar-refractivity contribution in [1.82, 2.24) is 4.31 Å². The molecule has 19 heavy (non-hydrogen) atoms. The maximum Gasteiger partial charge on any atom is 0.322 e. The van der Waals surface area contributed by atoms with Gasteiger partial charge in [-0.15, -0.1) is 0 Å². The summed E-state index contributed by atoms with van der Waals surface area (Å²) in [5.41, 5.74) is 0. The van der Waals surface area contributed by atoms with Crippen LogP contribution in [-0.2, 0) is 14.8 Å². The molecule has 1 heterocycles. The van der Waals surface area contributed by atoms with Crippen molar-refractivity contribution in [3.63, 3.8) is 0 Å². The zero-order valence-electron chi connectivity index (χ0n) is 11.4. The first-order valence-corrected chi connectivity index (χ1v) is 8.70. The molecule has 0 amide bonds. The number of rotatable bonds is 4. The fourth-order valence-corrected chi connectivity index (χ4v) is 5.50. The largest absolute Gasteiger partial charge is 0.480 e. The maximum absolute atomic E-state index is 12.6. The van der Waals surface area contributed by atoms with E-state index in [0.717, 1.165) is 25.7 Å². The Morgan fingerprint density at radius 1 is 1.26 bits per heavy atom. The lowest BCUT2D eigenvalue weighted by Crippen LogP contribution is -2.52. The molecule has 2 unspecified atom stereocenters. The summed E-state index contributed by atoms with van der Waals surface area (Å²) in [5, 5.41) is 8.97. The lowest BCUT2D eigenvalue weighted by atomic mass is 9.90. The van der Waals surface area contributed by atoms with E-state index in [2.05, 4.69) is 0 Å². The van der Waals surface area contributed by atoms with E-state index in [1.165, 1.54) is 4.31 Å². The number of nitrogens with zero attached hydrogens (tertiary/aromatic N) is 1. The van der Waals surface area contributed by atoms with Crippen LogP contribution in [0.3, 0.4) is 0 Å². The molecule has 0 aromatic carbocycles. The third-order valence-electron chi connectivity index (χ3n) is 4.57. The Morgan fingerprint density at radius 3 is 2.42 bits per heavy atom. The molecule has 5 nitrogen and oxygen atoms in total. The predicted molar refractivity (Wildman–Crippen MR) is 72.3 cm³/mol. The molecule has 1 saturated heterocycles. The molecule has 0 spiro atoms. The monoisotopic (exact) mass is 289 g/mol. The van der Waals surface area contributed by atoms with Gasteiger partial charge < -0.3 is 5.11 Å². The normalized spacial score (nSPS) is 30.6. The molecule has 1 aliphatic carbocycles. The topological polar surface area (TPSA) is 74.7 Å². The molecule has 2 atom stereocenters. The summed E-state index contributed by atoms with van der Waals surface area (Å²) in [6.07, 6.45) is 5.40. The molecule has 0 bridgehead atoms. The van der Waals surface area contributed by atoms with Gasteiger partial charge in [0, 0.05) is 6.54 Å². The number of carbonyl (C=O) groups is 1. The summed E-state index contributed by atoms with van der Waals surface area (Å²) in [4.78, 5) is 11.4. The SMILES string of the molecule is CCC1CCN(S(=O)(=O)C2CCCC2)C(C(=O)O)C1. The van der Waals surface area contributed by atoms with Gasteiger partial charge in [0.1, 0.15) is 6.04 Å². The Balaban J connectivity index is 2.19. The van der Waals surface area contributed by atoms with Crippen molar-refractivity contribution in [3.05, 3.63) is 0 Å². The first-order valence-electron chi connectivity index (χ1n) is 7.20. The first kappa shape index (κ1) is 14.8. The van der Waals surface area contributed by atoms with Gasteiger partial charge in [-0.25, -0.2) is 8.42 Å². The number of piperidine rings is 1. The molecule has 0 radical (unpaired) electrons. The lowest BCUT2D eigenvalue weighted by Gasteiger charge is -2.37. The molecular formula is C13H23NO4S. The number of hydrogen-bond donors (Lipinski definition) is 1. The summed E-state index contributed by atoms with van der Waals surface area (Å²) < 4.78 is 26.4. The van der Waals surface area contributed by atoms with Gasteiger partial charge in [-0.05, 0) is 31.6 Å². The Hall–Kier alpha value is -0.620. The highest BCUT2D eigenvalue weighted by Crippen LogP contribution is 2.33. The van der Waals surface area contributed by atoms with E-state index in [0.29, 0.717) is 31.7 Å². The van der Waals surface area contributed by atoms with Crippen molar-refractivity contribution in [2.75, 3.05) is 6.54 Å². The predicted octanol–water partition coefficient (Wildman–Crippen LogP) is 1.83. The zero-order valence-corrected chi connectivity index (χ0v) is 12.2. The molecule has 110 valence electrons. The second-order valence-electron chi connectivity index (χ2n) is 5.71. The van der Waals surface area contributed by atoms with Crippen LogP contribution in [0.1, 0.15) is 51.9 Å². The average Bonchev–Trinajstić information content (AvgIpc) is 2.92. The minimum absolute atomic E-state index is 0.330. The average molecular weight is 289 g/mol. The summed E-state index contributed by atoms with van der Waals surface area (Å²) >= 11 is 0. The van der Waals surface area contributed by atoms with Crippen LogP contribution in [0.5, 0.6) is 0 Å². The number of carboxylic acid groups (broad SMARTS) is 1. The summed E-state index contributed by atoms with van der Waals surface area (Å²) in [6.45, 7) is 2.40. The van der Waals surface area contributed by atoms with Gasteiger partial charge in [-0.3, -0.25) is 4.79 Å². The van der Waals surface area contributed by atoms with E-state index >= 15 is 0 Å². The third kappa shape index (κ3) is 2.94. The molecule has 2 fully saturated rings. The van der Waals surface area contributed by atoms with Crippen molar-refractivity contribution in [2.45, 2.75) is 63.2 Å². The van der Waals surface area contributed by atoms with Crippen LogP contribution in [0.4, 0.5) is 0 Å². The molecule has 1 N–H and O–H groups in total. The molecule has 2 aliphatic rings. The smallest absolute Gasteiger partial charge is 0.322 e. The second-order valence-corrected chi connectivity index (χ2v) is 7.88. The number of aliphatic carboxylic acids is 1. The number of hydrogen-bond acceptors (Lipinski definition) is 3. The summed E-state index contributed by atoms with van der Waals surface area (Å²) in [5.74, 6) is -0.671. The van der Waals surface area contributed by atoms with Crippen LogP contribution < -0.4 is 0 Å². The fraction of sp³-hybridized carbons (Fsp3) is 0.923. The first-order chi connectivity index (χ1) is 8.96. The minimum atomic E-state index is -3.44. The van der Waals surface area contributed by atoms with Crippen LogP contribution in [-0.4, -0.2) is 41.6 Å². The van der Waals surface area contributed by atoms with Gasteiger partial charge >= 0.3 is 5.97 Å². The molecular weight excluding hydrogens is 266 g/mol. The van der Waals surface area contributed by atoms with Gasteiger partial charge in [0.25, 0.3) is 0 Å². The van der Waals surface area contributed by atoms with Crippen LogP contribution in [0.15, 0.2) is 0 Å². The quantitative estimate of drug-likeness (QED) is 0.857. The van der Waals surface area contributed by atoms with E-state index in [1.54, 1.807) is 0 Å². The van der Waals surface area contributed by atoms with Gasteiger partial charge in [0.05, 0.1) is 5.25 Å². The Kier molecular flexibility index (Phi) is 4.50. The van der Waals surface area contributed by atoms with Crippen molar-refractivity contribution < 1.29 is 18.3 Å². The zero-order chi connectivity index (χ0) is 14.0. The van der Waals surface area contributed by atoms with Crippen molar-refractivity contribution >= 4 is 16.0 Å². The van der Waals surface area contributed by atoms with Gasteiger partial charge in [0.15, 0.2) is 0 Å². The van der Waals surface area contributed by atoms with Crippen LogP contribution >= 0.6 is 0 Å². The van der Waals surface area contributed by atoms with Crippen molar-refractivity contribution in [1.29, 1.82) is 0 Å². The molecule has 2 rings (SSSR count). The van der Waals surface area contributed by atoms with E-state index < -0.39 is 22.0 Å². The molecule has 1 saturated carbocycles. The van der Waals surface area contributed by atoms with E-state index in [4.69, 9.17) is 0 Å². The minimum Gasteiger partial charge on any atom is -0.480 e. The second kappa shape index (κ2) is 5.79. The van der Waals surface area contributed by atoms with Crippen molar-refractivity contribution in [2.24, 2.45) is 5.92 Å². The summed E-state index contributed by atoms with van der Waals surface area (Å²) in [6, 6.07) is -0.857. The molecule has 1 aliphatic heterocycles. The van der Waals surface area contributed by atoms with Gasteiger partial charge in [-0.2, -0.15) is 4.31 Å². The van der Waals surface area contributed by atoms with Gasteiger partial charge in [0.2, 0.25) is 10.0 Å². The van der Waals surface area contributed by atoms with Gasteiger partial charge in [-0.1, -0.05) is 26.2 Å². The highest BCUT2D eigenvalue weighted by Gasteiger charge is 2.43. The summed E-state index contributed by atoms with van der Waals surface area (Å²) in [7, 11) is -3.44. The third-order valence-corrected chi connectivity index (χ3v) is 6.98. The number of sulfonamides is 1. The standard InChI is InChI=1S/C13H23NO4S/c1-2-10-7-8-14(12(9-10)13(15)16)19(17,18)11-5-3-4-6-11/h10-12H,2-9H2,1H3,(H,15,16). The van der Waals surface area contributed by atoms with E-state index in [-0.39, 0.29) is 5.25 Å². The molecule has 0 aromatic heterocycles. The number of carboxylic acids is 1. The van der Waals surface area contributed by atoms with E-state index in [9.17, 15) is 18.3 Å². The maximum atomic E-state index is 12.6. The van der Waals surface area contributed by atoms with Crippen LogP contribution in [0.2, 0.25) is 0 Å². The highest BCUT2D eigenvalue weighted by molar-refractivity contribution is 7.89. The van der Waals surface area contributed by atoms with Crippen LogP contribution in [0, 0.1) is 5.92 Å². The molecule has 6 heteroatoms. The lowest BCUT2D eigenvalue weighted by molar-refractivity contribution is -0.143.